The molecule has 1 saturated heterocycles. The van der Waals surface area contributed by atoms with Crippen LogP contribution in [0.1, 0.15) is 86.2 Å². The Morgan fingerprint density at radius 2 is 2.00 bits per heavy atom. The Labute approximate surface area is 284 Å². The Kier molecular flexibility index (Phi) is 9.62. The fourth-order valence-electron chi connectivity index (χ4n) is 8.47. The van der Waals surface area contributed by atoms with Crippen molar-refractivity contribution in [3.05, 3.63) is 70.3 Å². The van der Waals surface area contributed by atoms with Crippen LogP contribution in [0.2, 0.25) is 5.02 Å². The van der Waals surface area contributed by atoms with E-state index in [9.17, 15) is 13.2 Å². The molecule has 1 N–H and O–H groups in total. The maximum Gasteiger partial charge on any atom is 0.264 e. The van der Waals surface area contributed by atoms with Crippen LogP contribution in [0.3, 0.4) is 0 Å². The van der Waals surface area contributed by atoms with E-state index < -0.39 is 21.2 Å². The molecule has 2 aromatic carbocycles. The van der Waals surface area contributed by atoms with E-state index in [-0.39, 0.29) is 17.6 Å². The number of hydrogen-bond acceptors (Lipinski definition) is 7. The molecule has 1 saturated carbocycles. The highest BCUT2D eigenvalue weighted by atomic mass is 35.5. The normalized spacial score (nSPS) is 32.7. The number of ether oxygens (including phenoxy) is 3. The van der Waals surface area contributed by atoms with Gasteiger partial charge in [-0.05, 0) is 118 Å². The molecule has 2 aromatic rings. The van der Waals surface area contributed by atoms with Gasteiger partial charge >= 0.3 is 0 Å². The first-order valence-corrected chi connectivity index (χ1v) is 19.4. The molecule has 5 aliphatic rings. The largest absolute Gasteiger partial charge is 0.490 e. The summed E-state index contributed by atoms with van der Waals surface area (Å²) >= 11 is 6.45. The number of anilines is 1. The van der Waals surface area contributed by atoms with Gasteiger partial charge in [0.1, 0.15) is 5.75 Å². The van der Waals surface area contributed by atoms with Crippen LogP contribution in [0, 0.1) is 11.8 Å². The first-order valence-electron chi connectivity index (χ1n) is 17.5. The van der Waals surface area contributed by atoms with Crippen LogP contribution in [-0.2, 0) is 31.3 Å². The predicted molar refractivity (Wildman–Crippen MR) is 184 cm³/mol. The average molecular weight is 683 g/mol. The second-order valence-electron chi connectivity index (χ2n) is 14.2. The molecular weight excluding hydrogens is 636 g/mol. The third-order valence-corrected chi connectivity index (χ3v) is 13.4. The van der Waals surface area contributed by atoms with E-state index >= 15 is 0 Å². The number of benzene rings is 2. The maximum atomic E-state index is 13.5. The fraction of sp³-hybridized carbons (Fsp3) is 0.595. The zero-order valence-corrected chi connectivity index (χ0v) is 28.9. The molecule has 1 spiro atoms. The van der Waals surface area contributed by atoms with Crippen LogP contribution < -0.4 is 14.4 Å². The molecule has 2 aliphatic carbocycles. The summed E-state index contributed by atoms with van der Waals surface area (Å²) in [5.41, 5.74) is 3.47. The minimum absolute atomic E-state index is 0.0669. The van der Waals surface area contributed by atoms with E-state index in [1.165, 1.54) is 11.1 Å². The number of nitrogens with zero attached hydrogens (tertiary/aromatic N) is 1. The van der Waals surface area contributed by atoms with E-state index in [4.69, 9.17) is 25.8 Å². The smallest absolute Gasteiger partial charge is 0.264 e. The number of halogens is 1. The summed E-state index contributed by atoms with van der Waals surface area (Å²) in [6.07, 6.45) is 13.0. The molecular formula is C37H47ClN2O6S. The van der Waals surface area contributed by atoms with Crippen LogP contribution in [0.4, 0.5) is 5.69 Å². The van der Waals surface area contributed by atoms with Crippen molar-refractivity contribution in [1.82, 2.24) is 4.72 Å². The minimum Gasteiger partial charge on any atom is -0.490 e. The summed E-state index contributed by atoms with van der Waals surface area (Å²) in [6, 6.07) is 11.6. The van der Waals surface area contributed by atoms with Crippen molar-refractivity contribution in [3.8, 4) is 5.75 Å². The lowest BCUT2D eigenvalue weighted by Crippen LogP contribution is -2.50. The van der Waals surface area contributed by atoms with Gasteiger partial charge in [-0.25, -0.2) is 13.1 Å². The molecule has 8 nitrogen and oxygen atoms in total. The van der Waals surface area contributed by atoms with E-state index in [0.717, 1.165) is 81.1 Å². The van der Waals surface area contributed by atoms with Crippen LogP contribution in [0.5, 0.6) is 5.75 Å². The number of carbonyl (C=O) groups excluding carboxylic acids is 1. The Morgan fingerprint density at radius 1 is 1.11 bits per heavy atom. The summed E-state index contributed by atoms with van der Waals surface area (Å²) in [5, 5.41) is 0.0751. The van der Waals surface area contributed by atoms with Crippen molar-refractivity contribution in [3.63, 3.8) is 0 Å². The Balaban J connectivity index is 1.26. The van der Waals surface area contributed by atoms with Crippen LogP contribution in [-0.4, -0.2) is 64.7 Å². The zero-order valence-electron chi connectivity index (χ0n) is 27.3. The van der Waals surface area contributed by atoms with Gasteiger partial charge in [-0.1, -0.05) is 36.7 Å². The number of sulfonamides is 1. The van der Waals surface area contributed by atoms with Gasteiger partial charge < -0.3 is 19.1 Å². The van der Waals surface area contributed by atoms with Crippen molar-refractivity contribution in [2.24, 2.45) is 11.8 Å². The molecule has 0 aromatic heterocycles. The zero-order chi connectivity index (χ0) is 32.6. The highest BCUT2D eigenvalue weighted by molar-refractivity contribution is 7.90. The van der Waals surface area contributed by atoms with Gasteiger partial charge in [0.15, 0.2) is 0 Å². The van der Waals surface area contributed by atoms with Gasteiger partial charge in [-0.2, -0.15) is 0 Å². The quantitative estimate of drug-likeness (QED) is 0.364. The number of allylic oxidation sites excluding steroid dienone is 1. The van der Waals surface area contributed by atoms with E-state index in [1.54, 1.807) is 6.07 Å². The molecule has 3 aliphatic heterocycles. The van der Waals surface area contributed by atoms with Crippen molar-refractivity contribution in [2.45, 2.75) is 94.0 Å². The highest BCUT2D eigenvalue weighted by Gasteiger charge is 2.44. The molecule has 7 rings (SSSR count). The molecule has 0 unspecified atom stereocenters. The maximum absolute atomic E-state index is 13.5. The lowest BCUT2D eigenvalue weighted by atomic mass is 9.68. The molecule has 0 radical (unpaired) electrons. The van der Waals surface area contributed by atoms with Crippen LogP contribution in [0.15, 0.2) is 48.6 Å². The SMILES string of the molecule is CC[C@@H]1CC/C=C/[C@H](OC[C@H]2CCCO2)[C@@H]2CC[C@H]2CN2C[C@@]3(CCCc4cc(Cl)ccc43)COc3ccc(cc32)C(=O)NS1(=O)=O. The molecule has 47 heavy (non-hydrogen) atoms. The fourth-order valence-corrected chi connectivity index (χ4v) is 10.1. The topological polar surface area (TPSA) is 94.2 Å². The third kappa shape index (κ3) is 6.83. The number of aryl methyl sites for hydroxylation is 1. The Morgan fingerprint density at radius 3 is 2.79 bits per heavy atom. The highest BCUT2D eigenvalue weighted by Crippen LogP contribution is 2.47. The molecule has 10 heteroatoms. The summed E-state index contributed by atoms with van der Waals surface area (Å²) < 4.78 is 48.3. The van der Waals surface area contributed by atoms with Crippen LogP contribution >= 0.6 is 11.6 Å². The van der Waals surface area contributed by atoms with Crippen molar-refractivity contribution in [1.29, 1.82) is 0 Å². The second-order valence-corrected chi connectivity index (χ2v) is 16.6. The van der Waals surface area contributed by atoms with Gasteiger partial charge in [0.2, 0.25) is 10.0 Å². The summed E-state index contributed by atoms with van der Waals surface area (Å²) in [5.74, 6) is 0.838. The molecule has 6 atom stereocenters. The molecule has 3 heterocycles. The van der Waals surface area contributed by atoms with Gasteiger partial charge in [0.05, 0.1) is 36.4 Å². The van der Waals surface area contributed by atoms with Gasteiger partial charge in [-0.15, -0.1) is 0 Å². The number of fused-ring (bicyclic) bond motifs is 4. The summed E-state index contributed by atoms with van der Waals surface area (Å²) in [6.45, 7) is 5.26. The molecule has 2 fully saturated rings. The summed E-state index contributed by atoms with van der Waals surface area (Å²) in [4.78, 5) is 15.9. The van der Waals surface area contributed by atoms with E-state index in [1.807, 2.05) is 25.1 Å². The van der Waals surface area contributed by atoms with E-state index in [2.05, 4.69) is 33.9 Å². The number of carbonyl (C=O) groups is 1. The third-order valence-electron chi connectivity index (χ3n) is 11.3. The predicted octanol–water partition coefficient (Wildman–Crippen LogP) is 6.59. The number of nitrogens with one attached hydrogen (secondary N) is 1. The van der Waals surface area contributed by atoms with Gasteiger partial charge in [-0.3, -0.25) is 4.79 Å². The van der Waals surface area contributed by atoms with Gasteiger partial charge in [0.25, 0.3) is 5.91 Å². The first kappa shape index (κ1) is 32.9. The number of hydrogen-bond donors (Lipinski definition) is 1. The lowest BCUT2D eigenvalue weighted by Gasteiger charge is -2.46. The lowest BCUT2D eigenvalue weighted by molar-refractivity contribution is -0.0532. The second kappa shape index (κ2) is 13.7. The Hall–Kier alpha value is -2.59. The van der Waals surface area contributed by atoms with Crippen molar-refractivity contribution >= 4 is 33.2 Å². The van der Waals surface area contributed by atoms with E-state index in [0.29, 0.717) is 49.9 Å². The molecule has 2 bridgehead atoms. The number of amides is 1. The Bertz CT molecular complexity index is 1610. The van der Waals surface area contributed by atoms with Crippen molar-refractivity contribution < 1.29 is 27.4 Å². The molecule has 1 amide bonds. The van der Waals surface area contributed by atoms with Crippen LogP contribution in [0.25, 0.3) is 0 Å². The monoisotopic (exact) mass is 682 g/mol. The standard InChI is InChI=1S/C37H47ClN2O6S/c1-2-30-9-3-4-10-34(45-22-29-8-6-18-44-29)31-14-11-27(31)21-40-23-37(17-5-7-25-19-28(38)13-15-32(25)37)24-46-35-16-12-26(20-33(35)40)36(41)39-47(30,42)43/h4,10,12-13,15-16,19-20,27,29-31,34H,2-3,5-9,11,14,17-18,21-24H2,1H3,(H,39,41)/b10-4+/t27-,29+,30+,31+,34-,37-/m0/s1. The summed E-state index contributed by atoms with van der Waals surface area (Å²) in [7, 11) is -3.88. The minimum atomic E-state index is -3.88. The number of rotatable bonds is 4. The van der Waals surface area contributed by atoms with Gasteiger partial charge in [0, 0.05) is 35.7 Å². The average Bonchev–Trinajstić information content (AvgIpc) is 3.51. The first-order chi connectivity index (χ1) is 22.7. The van der Waals surface area contributed by atoms with Crippen molar-refractivity contribution in [2.75, 3.05) is 37.8 Å². The molecule has 254 valence electrons.